The lowest BCUT2D eigenvalue weighted by atomic mass is 9.89. The Hall–Kier alpha value is -2.30. The number of benzene rings is 2. The Balaban J connectivity index is 1.76. The maximum atomic E-state index is 12.2. The normalized spacial score (nSPS) is 15.5. The van der Waals surface area contributed by atoms with E-state index in [2.05, 4.69) is 61.5 Å². The second kappa shape index (κ2) is 7.37. The molecule has 0 aromatic heterocycles. The molecule has 1 heterocycles. The molecule has 27 heavy (non-hydrogen) atoms. The molecule has 1 amide bonds. The van der Waals surface area contributed by atoms with Gasteiger partial charge in [-0.2, -0.15) is 5.10 Å². The van der Waals surface area contributed by atoms with E-state index in [-0.39, 0.29) is 11.4 Å². The summed E-state index contributed by atoms with van der Waals surface area (Å²) in [7, 11) is 2.09. The van der Waals surface area contributed by atoms with Gasteiger partial charge in [0.1, 0.15) is 0 Å². The molecule has 0 saturated heterocycles. The molecular formula is C21H21Cl2N3O. The summed E-state index contributed by atoms with van der Waals surface area (Å²) < 4.78 is 0. The van der Waals surface area contributed by atoms with Crippen LogP contribution in [0, 0.1) is 0 Å². The molecule has 0 fully saturated rings. The molecule has 0 atom stereocenters. The third kappa shape index (κ3) is 4.02. The molecule has 0 unspecified atom stereocenters. The molecule has 4 nitrogen and oxygen atoms in total. The lowest BCUT2D eigenvalue weighted by Gasteiger charge is -2.40. The third-order valence-corrected chi connectivity index (χ3v) is 5.54. The standard InChI is InChI=1S/C21H21Cl2N3O/c1-13-11-21(2,3)26(4)19-8-5-14(9-16(13)19)12-24-25-20(27)15-6-7-17(22)18(23)10-15/h5-12H,1-4H3,(H,25,27)/b24-12-. The van der Waals surface area contributed by atoms with Crippen molar-refractivity contribution in [2.24, 2.45) is 5.10 Å². The molecule has 1 aliphatic heterocycles. The molecule has 140 valence electrons. The Morgan fingerprint density at radius 3 is 2.59 bits per heavy atom. The van der Waals surface area contributed by atoms with Crippen LogP contribution in [-0.4, -0.2) is 24.7 Å². The minimum atomic E-state index is -0.347. The van der Waals surface area contributed by atoms with Crippen LogP contribution in [0.4, 0.5) is 5.69 Å². The van der Waals surface area contributed by atoms with Crippen LogP contribution in [0.3, 0.4) is 0 Å². The van der Waals surface area contributed by atoms with Gasteiger partial charge in [0, 0.05) is 23.9 Å². The largest absolute Gasteiger partial charge is 0.366 e. The summed E-state index contributed by atoms with van der Waals surface area (Å²) in [5, 5.41) is 4.79. The number of nitrogens with zero attached hydrogens (tertiary/aromatic N) is 2. The average Bonchev–Trinajstić information content (AvgIpc) is 2.61. The molecule has 0 aliphatic carbocycles. The predicted molar refractivity (Wildman–Crippen MR) is 114 cm³/mol. The van der Waals surface area contributed by atoms with Crippen molar-refractivity contribution in [3.8, 4) is 0 Å². The minimum absolute atomic E-state index is 0.0273. The number of halogens is 2. The van der Waals surface area contributed by atoms with Gasteiger partial charge in [-0.05, 0) is 62.2 Å². The lowest BCUT2D eigenvalue weighted by Crippen LogP contribution is -2.42. The van der Waals surface area contributed by atoms with Crippen molar-refractivity contribution in [2.75, 3.05) is 11.9 Å². The zero-order valence-corrected chi connectivity index (χ0v) is 17.2. The SMILES string of the molecule is CC1=CC(C)(C)N(C)c2ccc(/C=N\NC(=O)c3ccc(Cl)c(Cl)c3)cc21. The average molecular weight is 402 g/mol. The van der Waals surface area contributed by atoms with Crippen LogP contribution in [0.5, 0.6) is 0 Å². The van der Waals surface area contributed by atoms with Gasteiger partial charge in [-0.25, -0.2) is 5.43 Å². The topological polar surface area (TPSA) is 44.7 Å². The highest BCUT2D eigenvalue weighted by molar-refractivity contribution is 6.42. The Kier molecular flexibility index (Phi) is 5.31. The summed E-state index contributed by atoms with van der Waals surface area (Å²) in [6.07, 6.45) is 3.88. The van der Waals surface area contributed by atoms with Crippen LogP contribution in [-0.2, 0) is 0 Å². The van der Waals surface area contributed by atoms with Crippen LogP contribution in [0.1, 0.15) is 42.3 Å². The molecule has 0 bridgehead atoms. The maximum Gasteiger partial charge on any atom is 0.271 e. The molecule has 2 aromatic rings. The van der Waals surface area contributed by atoms with Crippen molar-refractivity contribution in [3.63, 3.8) is 0 Å². The number of hydrogen-bond donors (Lipinski definition) is 1. The first kappa shape index (κ1) is 19.5. The summed E-state index contributed by atoms with van der Waals surface area (Å²) in [5.41, 5.74) is 7.35. The van der Waals surface area contributed by atoms with E-state index in [4.69, 9.17) is 23.2 Å². The van der Waals surface area contributed by atoms with Gasteiger partial charge < -0.3 is 4.90 Å². The molecule has 6 heteroatoms. The first-order chi connectivity index (χ1) is 12.7. The molecule has 2 aromatic carbocycles. The van der Waals surface area contributed by atoms with E-state index in [1.165, 1.54) is 17.3 Å². The minimum Gasteiger partial charge on any atom is -0.366 e. The van der Waals surface area contributed by atoms with E-state index in [0.717, 1.165) is 11.1 Å². The number of nitrogens with one attached hydrogen (secondary N) is 1. The van der Waals surface area contributed by atoms with Crippen molar-refractivity contribution >= 4 is 46.6 Å². The van der Waals surface area contributed by atoms with Gasteiger partial charge in [0.25, 0.3) is 5.91 Å². The molecule has 3 rings (SSSR count). The van der Waals surface area contributed by atoms with Crippen LogP contribution >= 0.6 is 23.2 Å². The Morgan fingerprint density at radius 1 is 1.15 bits per heavy atom. The van der Waals surface area contributed by atoms with Crippen molar-refractivity contribution in [1.29, 1.82) is 0 Å². The van der Waals surface area contributed by atoms with E-state index in [0.29, 0.717) is 15.6 Å². The summed E-state index contributed by atoms with van der Waals surface area (Å²) in [4.78, 5) is 14.4. The second-order valence-electron chi connectivity index (χ2n) is 7.14. The highest BCUT2D eigenvalue weighted by atomic mass is 35.5. The number of allylic oxidation sites excluding steroid dienone is 1. The Labute approximate surface area is 169 Å². The third-order valence-electron chi connectivity index (χ3n) is 4.80. The highest BCUT2D eigenvalue weighted by Crippen LogP contribution is 2.37. The second-order valence-corrected chi connectivity index (χ2v) is 7.96. The zero-order valence-electron chi connectivity index (χ0n) is 15.7. The van der Waals surface area contributed by atoms with Gasteiger partial charge in [0.2, 0.25) is 0 Å². The van der Waals surface area contributed by atoms with E-state index in [9.17, 15) is 4.79 Å². The Bertz CT molecular complexity index is 964. The molecule has 0 radical (unpaired) electrons. The fraction of sp³-hybridized carbons (Fsp3) is 0.238. The van der Waals surface area contributed by atoms with Gasteiger partial charge in [-0.3, -0.25) is 4.79 Å². The smallest absolute Gasteiger partial charge is 0.271 e. The first-order valence-electron chi connectivity index (χ1n) is 8.55. The fourth-order valence-electron chi connectivity index (χ4n) is 3.12. The number of anilines is 1. The molecule has 1 aliphatic rings. The van der Waals surface area contributed by atoms with E-state index in [1.807, 2.05) is 6.07 Å². The molecular weight excluding hydrogens is 381 g/mol. The number of fused-ring (bicyclic) bond motifs is 1. The summed E-state index contributed by atoms with van der Waals surface area (Å²) >= 11 is 11.8. The van der Waals surface area contributed by atoms with Crippen molar-refractivity contribution in [1.82, 2.24) is 5.43 Å². The Morgan fingerprint density at radius 2 is 1.89 bits per heavy atom. The number of amides is 1. The first-order valence-corrected chi connectivity index (χ1v) is 9.31. The van der Waals surface area contributed by atoms with Gasteiger partial charge >= 0.3 is 0 Å². The predicted octanol–water partition coefficient (Wildman–Crippen LogP) is 5.39. The monoisotopic (exact) mass is 401 g/mol. The summed E-state index contributed by atoms with van der Waals surface area (Å²) in [6, 6.07) is 10.8. The van der Waals surface area contributed by atoms with Gasteiger partial charge in [0.05, 0.1) is 21.8 Å². The van der Waals surface area contributed by atoms with Crippen LogP contribution in [0.25, 0.3) is 5.57 Å². The van der Waals surface area contributed by atoms with Gasteiger partial charge in [-0.1, -0.05) is 35.3 Å². The highest BCUT2D eigenvalue weighted by Gasteiger charge is 2.28. The van der Waals surface area contributed by atoms with Crippen molar-refractivity contribution < 1.29 is 4.79 Å². The lowest BCUT2D eigenvalue weighted by molar-refractivity contribution is 0.0955. The zero-order chi connectivity index (χ0) is 19.8. The van der Waals surface area contributed by atoms with Crippen LogP contribution in [0.2, 0.25) is 10.0 Å². The molecule has 0 saturated carbocycles. The van der Waals surface area contributed by atoms with Gasteiger partial charge in [-0.15, -0.1) is 0 Å². The quantitative estimate of drug-likeness (QED) is 0.553. The molecule has 0 spiro atoms. The van der Waals surface area contributed by atoms with Crippen molar-refractivity contribution in [2.45, 2.75) is 26.3 Å². The number of hydrogen-bond acceptors (Lipinski definition) is 3. The fourth-order valence-corrected chi connectivity index (χ4v) is 3.42. The number of likely N-dealkylation sites (N-methyl/N-ethyl adjacent to an activating group) is 1. The summed E-state index contributed by atoms with van der Waals surface area (Å²) in [6.45, 7) is 6.49. The van der Waals surface area contributed by atoms with E-state index in [1.54, 1.807) is 18.3 Å². The molecule has 1 N–H and O–H groups in total. The number of carbonyl (C=O) groups excluding carboxylic acids is 1. The van der Waals surface area contributed by atoms with E-state index < -0.39 is 0 Å². The number of rotatable bonds is 3. The van der Waals surface area contributed by atoms with Crippen LogP contribution < -0.4 is 10.3 Å². The van der Waals surface area contributed by atoms with E-state index >= 15 is 0 Å². The maximum absolute atomic E-state index is 12.2. The number of carbonyl (C=O) groups is 1. The van der Waals surface area contributed by atoms with Crippen molar-refractivity contribution in [3.05, 3.63) is 69.2 Å². The van der Waals surface area contributed by atoms with Gasteiger partial charge in [0.15, 0.2) is 0 Å². The van der Waals surface area contributed by atoms with Crippen LogP contribution in [0.15, 0.2) is 47.6 Å². The summed E-state index contributed by atoms with van der Waals surface area (Å²) in [5.74, 6) is -0.347. The number of hydrazone groups is 1.